The first-order valence-electron chi connectivity index (χ1n) is 21.8. The number of esters is 1. The summed E-state index contributed by atoms with van der Waals surface area (Å²) in [6, 6.07) is 26.8. The number of benzene rings is 4. The topological polar surface area (TPSA) is 246 Å². The van der Waals surface area contributed by atoms with Crippen molar-refractivity contribution in [2.24, 2.45) is 11.8 Å². The van der Waals surface area contributed by atoms with Crippen molar-refractivity contribution >= 4 is 40.5 Å². The molecule has 12 atom stereocenters. The maximum absolute atomic E-state index is 11.9. The Balaban J connectivity index is 0.000000244. The Morgan fingerprint density at radius 1 is 0.731 bits per heavy atom. The zero-order chi connectivity index (χ0) is 46.5. The molecule has 4 heterocycles. The van der Waals surface area contributed by atoms with E-state index in [2.05, 4.69) is 49.6 Å². The van der Waals surface area contributed by atoms with Crippen molar-refractivity contribution in [2.75, 3.05) is 30.3 Å². The van der Waals surface area contributed by atoms with Crippen LogP contribution in [0.25, 0.3) is 0 Å². The molecular weight excluding hydrogens is 898 g/mol. The summed E-state index contributed by atoms with van der Waals surface area (Å²) in [6.45, 7) is 8.23. The van der Waals surface area contributed by atoms with Crippen LogP contribution >= 0.6 is 23.2 Å². The zero-order valence-electron chi connectivity index (χ0n) is 37.9. The number of fused-ring (bicyclic) bond motifs is 2. The predicted molar refractivity (Wildman–Crippen MR) is 245 cm³/mol. The number of rotatable bonds is 9. The zero-order valence-corrected chi connectivity index (χ0v) is 39.4. The van der Waals surface area contributed by atoms with Crippen LogP contribution in [0.2, 0.25) is 10.0 Å². The largest absolute Gasteiger partial charge is 1.00 e. The van der Waals surface area contributed by atoms with Crippen molar-refractivity contribution in [3.63, 3.8) is 0 Å². The van der Waals surface area contributed by atoms with Crippen molar-refractivity contribution in [2.45, 2.75) is 108 Å². The second kappa shape index (κ2) is 23.6. The summed E-state index contributed by atoms with van der Waals surface area (Å²) in [6.07, 6.45) is -5.73. The van der Waals surface area contributed by atoms with Gasteiger partial charge in [-0.3, -0.25) is 4.79 Å². The summed E-state index contributed by atoms with van der Waals surface area (Å²) >= 11 is 13.0. The summed E-state index contributed by atoms with van der Waals surface area (Å²) < 4.78 is 29.2. The molecule has 4 aromatic carbocycles. The van der Waals surface area contributed by atoms with Gasteiger partial charge in [-0.1, -0.05) is 80.4 Å². The van der Waals surface area contributed by atoms with Gasteiger partial charge in [0.05, 0.1) is 37.2 Å². The molecule has 4 aliphatic rings. The Bertz CT molecular complexity index is 2440. The summed E-state index contributed by atoms with van der Waals surface area (Å²) in [5.74, 6) is 1.43. The van der Waals surface area contributed by atoms with Crippen LogP contribution in [-0.4, -0.2) is 100 Å². The van der Waals surface area contributed by atoms with Gasteiger partial charge in [0.1, 0.15) is 66.4 Å². The number of hydrogen-bond acceptors (Lipinski definition) is 15. The molecule has 67 heavy (non-hydrogen) atoms. The number of carbonyl (C=O) groups is 1. The molecule has 4 aromatic rings. The summed E-state index contributed by atoms with van der Waals surface area (Å²) in [5.41, 5.74) is 6.97. The third-order valence-corrected chi connectivity index (χ3v) is 13.3. The van der Waals surface area contributed by atoms with Gasteiger partial charge in [-0.05, 0) is 95.0 Å². The Kier molecular flexibility index (Phi) is 18.8. The molecule has 4 aliphatic heterocycles. The minimum absolute atomic E-state index is 0. The smallest absolute Gasteiger partial charge is 0.870 e. The van der Waals surface area contributed by atoms with Crippen LogP contribution in [-0.2, 0) is 31.8 Å². The van der Waals surface area contributed by atoms with Crippen LogP contribution in [0.5, 0.6) is 11.5 Å². The minimum Gasteiger partial charge on any atom is -0.870 e. The average molecular weight is 954 g/mol. The van der Waals surface area contributed by atoms with Crippen molar-refractivity contribution < 1.29 is 73.2 Å². The van der Waals surface area contributed by atoms with E-state index in [0.717, 1.165) is 45.6 Å². The second-order valence-electron chi connectivity index (χ2n) is 17.0. The number of halogens is 2. The summed E-state index contributed by atoms with van der Waals surface area (Å²) in [5, 5.41) is 65.6. The molecule has 0 spiro atoms. The normalized spacial score (nSPS) is 28.1. The number of aliphatic hydroxyl groups is 4. The van der Waals surface area contributed by atoms with Gasteiger partial charge < -0.3 is 60.2 Å². The van der Waals surface area contributed by atoms with Crippen molar-refractivity contribution in [3.05, 3.63) is 116 Å². The monoisotopic (exact) mass is 952 g/mol. The molecule has 0 aromatic heterocycles. The molecule has 2 unspecified atom stereocenters. The first-order chi connectivity index (χ1) is 31.2. The van der Waals surface area contributed by atoms with Crippen LogP contribution < -0.4 is 39.0 Å². The number of carbonyl (C=O) groups excluding carboxylic acids is 1. The van der Waals surface area contributed by atoms with Crippen molar-refractivity contribution in [3.8, 4) is 23.6 Å². The molecule has 2 saturated heterocycles. The molecule has 0 radical (unpaired) electrons. The molecule has 0 bridgehead atoms. The molecular formula is C49H55Cl2LiN4O11. The van der Waals surface area contributed by atoms with Gasteiger partial charge in [-0.15, -0.1) is 0 Å². The third kappa shape index (κ3) is 12.2. The van der Waals surface area contributed by atoms with Crippen LogP contribution in [0.4, 0.5) is 11.4 Å². The number of nitrogens with zero attached hydrogens (tertiary/aromatic N) is 2. The molecule has 0 amide bonds. The second-order valence-corrected chi connectivity index (χ2v) is 17.8. The maximum Gasteiger partial charge on any atom is 1.00 e. The third-order valence-electron chi connectivity index (χ3n) is 12.6. The van der Waals surface area contributed by atoms with E-state index in [0.29, 0.717) is 53.0 Å². The van der Waals surface area contributed by atoms with Gasteiger partial charge in [0.15, 0.2) is 0 Å². The number of nitrogens with one attached hydrogen (secondary N) is 2. The minimum atomic E-state index is -1.45. The van der Waals surface area contributed by atoms with E-state index < -0.39 is 49.3 Å². The number of aliphatic hydroxyl groups excluding tert-OH is 4. The van der Waals surface area contributed by atoms with Gasteiger partial charge in [0, 0.05) is 22.9 Å². The molecule has 7 N–H and O–H groups in total. The molecule has 352 valence electrons. The molecule has 2 fully saturated rings. The van der Waals surface area contributed by atoms with Gasteiger partial charge in [0.25, 0.3) is 0 Å². The first kappa shape index (κ1) is 53.4. The molecule has 0 aliphatic carbocycles. The van der Waals surface area contributed by atoms with Crippen LogP contribution in [0.15, 0.2) is 72.8 Å². The van der Waals surface area contributed by atoms with E-state index in [1.54, 1.807) is 24.3 Å². The fraction of sp³-hybridized carbons (Fsp3) is 0.449. The molecule has 15 nitrogen and oxygen atoms in total. The van der Waals surface area contributed by atoms with E-state index in [9.17, 15) is 25.2 Å². The van der Waals surface area contributed by atoms with Crippen LogP contribution in [0.1, 0.15) is 79.7 Å². The average Bonchev–Trinajstić information content (AvgIpc) is 3.31. The van der Waals surface area contributed by atoms with Gasteiger partial charge >= 0.3 is 24.8 Å². The number of anilines is 2. The van der Waals surface area contributed by atoms with Crippen LogP contribution in [0.3, 0.4) is 0 Å². The van der Waals surface area contributed by atoms with Crippen molar-refractivity contribution in [1.29, 1.82) is 10.5 Å². The van der Waals surface area contributed by atoms with E-state index in [4.69, 9.17) is 57.4 Å². The van der Waals surface area contributed by atoms with E-state index in [1.807, 2.05) is 42.5 Å². The molecule has 8 rings (SSSR count). The summed E-state index contributed by atoms with van der Waals surface area (Å²) in [4.78, 5) is 11.9. The van der Waals surface area contributed by atoms with Crippen molar-refractivity contribution in [1.82, 2.24) is 0 Å². The molecule has 18 heteroatoms. The maximum atomic E-state index is 11.9. The number of nitriles is 2. The predicted octanol–water partition coefficient (Wildman–Crippen LogP) is 3.65. The number of hydrogen-bond donors (Lipinski definition) is 6. The van der Waals surface area contributed by atoms with E-state index in [1.165, 1.54) is 6.92 Å². The van der Waals surface area contributed by atoms with E-state index in [-0.39, 0.29) is 60.5 Å². The van der Waals surface area contributed by atoms with Gasteiger partial charge in [-0.25, -0.2) is 0 Å². The van der Waals surface area contributed by atoms with Gasteiger partial charge in [0.2, 0.25) is 12.2 Å². The Morgan fingerprint density at radius 2 is 1.22 bits per heavy atom. The first-order valence-corrected chi connectivity index (χ1v) is 22.5. The Morgan fingerprint density at radius 3 is 1.69 bits per heavy atom. The quantitative estimate of drug-likeness (QED) is 0.104. The standard InChI is InChI=1S/C27H31ClN2O4.C22H23ClN2O6.Li.H2O/c1-5-24-15(2)16(3)26(32-17(4)31)27(34-24)19-7-8-22(28)20(12-19)10-18-6-9-25-23(11-18)30-14-21(13-29)33-25;23-15-3-2-12(22-21(29)20(28)19(27)18(10-26)31-22)7-13(15)5-11-1-4-17-16(6-11)25-9-14(8-24)30-17;;/h6-9,11-12,15-16,21,24,26-27,30H,5,10,14H2,1-4H3;1-4,6-7,14,18-22,25-29H,5,9-10H2;;1H2/q;;+1;/p-1/t15-,16-,21?,24+,26+,27-;14?,18-,19-,20+,21-,22+;;/m01../s1. The fourth-order valence-corrected chi connectivity index (χ4v) is 9.20. The van der Waals surface area contributed by atoms with Gasteiger partial charge in [-0.2, -0.15) is 10.5 Å². The van der Waals surface area contributed by atoms with Crippen LogP contribution in [0, 0.1) is 34.5 Å². The fourth-order valence-electron chi connectivity index (χ4n) is 8.83. The SMILES string of the molecule is CC[C@H]1O[C@@H](c2ccc(Cl)c(Cc3ccc4c(c3)NCC(C#N)O4)c2)[C@H](OC(C)=O)[C@@H](C)[C@@H]1C.N#CC1CNc2cc(Cc3cc([C@@H]4O[C@H](CO)[C@@H](O)[C@H](O)[C@H]4O)ccc3Cl)ccc2O1.[Li+].[OH-]. The summed E-state index contributed by atoms with van der Waals surface area (Å²) in [7, 11) is 0. The van der Waals surface area contributed by atoms with E-state index >= 15 is 0 Å². The number of ether oxygens (including phenoxy) is 5. The Labute approximate surface area is 412 Å². The Hall–Kier alpha value is -4.57. The molecule has 0 saturated carbocycles.